The number of aliphatic hydroxyl groups excluding tert-OH is 1. The van der Waals surface area contributed by atoms with Gasteiger partial charge in [-0.1, -0.05) is 11.6 Å². The van der Waals surface area contributed by atoms with Crippen LogP contribution in [0.5, 0.6) is 0 Å². The molecule has 19 heavy (non-hydrogen) atoms. The molecule has 2 fully saturated rings. The monoisotopic (exact) mass is 283 g/mol. The van der Waals surface area contributed by atoms with Gasteiger partial charge >= 0.3 is 0 Å². The molecule has 1 aromatic heterocycles. The lowest BCUT2D eigenvalue weighted by Crippen LogP contribution is -2.46. The van der Waals surface area contributed by atoms with Crippen molar-refractivity contribution >= 4 is 17.5 Å². The smallest absolute Gasteiger partial charge is 0.225 e. The highest BCUT2D eigenvalue weighted by atomic mass is 35.5. The van der Waals surface area contributed by atoms with E-state index in [1.807, 2.05) is 0 Å². The number of anilines is 1. The largest absolute Gasteiger partial charge is 0.393 e. The highest BCUT2D eigenvalue weighted by molar-refractivity contribution is 6.30. The van der Waals surface area contributed by atoms with Crippen LogP contribution in [0.3, 0.4) is 0 Å². The number of hydrogen-bond donors (Lipinski definition) is 1. The highest BCUT2D eigenvalue weighted by Gasteiger charge is 2.38. The minimum Gasteiger partial charge on any atom is -0.393 e. The van der Waals surface area contributed by atoms with Crippen molar-refractivity contribution in [2.45, 2.75) is 31.4 Å². The molecule has 6 heteroatoms. The summed E-state index contributed by atoms with van der Waals surface area (Å²) in [5.74, 6) is 0.847. The van der Waals surface area contributed by atoms with Crippen molar-refractivity contribution in [3.8, 4) is 0 Å². The Kier molecular flexibility index (Phi) is 3.86. The van der Waals surface area contributed by atoms with Crippen molar-refractivity contribution < 1.29 is 9.84 Å². The predicted octanol–water partition coefficient (Wildman–Crippen LogP) is 1.50. The van der Waals surface area contributed by atoms with E-state index in [1.54, 1.807) is 12.4 Å². The van der Waals surface area contributed by atoms with Crippen molar-refractivity contribution in [3.05, 3.63) is 17.4 Å². The fourth-order valence-corrected chi connectivity index (χ4v) is 3.15. The van der Waals surface area contributed by atoms with Crippen molar-refractivity contribution in [1.82, 2.24) is 9.97 Å². The lowest BCUT2D eigenvalue weighted by Gasteiger charge is -2.36. The third-order valence-electron chi connectivity index (χ3n) is 4.02. The Morgan fingerprint density at radius 3 is 2.84 bits per heavy atom. The van der Waals surface area contributed by atoms with Gasteiger partial charge in [0.1, 0.15) is 0 Å². The highest BCUT2D eigenvalue weighted by Crippen LogP contribution is 2.32. The molecular weight excluding hydrogens is 266 g/mol. The van der Waals surface area contributed by atoms with E-state index in [2.05, 4.69) is 14.9 Å². The van der Waals surface area contributed by atoms with E-state index < -0.39 is 0 Å². The maximum absolute atomic E-state index is 10.2. The Hall–Kier alpha value is -0.910. The first-order valence-corrected chi connectivity index (χ1v) is 7.13. The molecule has 0 aliphatic carbocycles. The Balaban J connectivity index is 1.79. The van der Waals surface area contributed by atoms with E-state index in [-0.39, 0.29) is 18.1 Å². The molecule has 0 saturated carbocycles. The zero-order valence-electron chi connectivity index (χ0n) is 10.7. The lowest BCUT2D eigenvalue weighted by atomic mass is 9.89. The topological polar surface area (TPSA) is 58.5 Å². The molecule has 0 spiro atoms. The third kappa shape index (κ3) is 2.68. The van der Waals surface area contributed by atoms with Crippen LogP contribution in [0, 0.1) is 5.92 Å². The summed E-state index contributed by atoms with van der Waals surface area (Å²) >= 11 is 5.82. The second kappa shape index (κ2) is 5.61. The van der Waals surface area contributed by atoms with Crippen LogP contribution in [0.15, 0.2) is 12.4 Å². The average molecular weight is 284 g/mol. The molecule has 2 aliphatic rings. The summed E-state index contributed by atoms with van der Waals surface area (Å²) in [4.78, 5) is 10.8. The molecule has 3 rings (SSSR count). The summed E-state index contributed by atoms with van der Waals surface area (Å²) in [5, 5.41) is 10.7. The fraction of sp³-hybridized carbons (Fsp3) is 0.692. The Morgan fingerprint density at radius 2 is 2.11 bits per heavy atom. The van der Waals surface area contributed by atoms with Gasteiger partial charge in [0.15, 0.2) is 0 Å². The van der Waals surface area contributed by atoms with Gasteiger partial charge in [0.05, 0.1) is 30.1 Å². The van der Waals surface area contributed by atoms with Crippen LogP contribution in [0.25, 0.3) is 0 Å². The molecule has 1 N–H and O–H groups in total. The first-order valence-electron chi connectivity index (χ1n) is 6.75. The summed E-state index contributed by atoms with van der Waals surface area (Å²) < 4.78 is 5.52. The molecule has 0 amide bonds. The number of hydrogen-bond acceptors (Lipinski definition) is 5. The Morgan fingerprint density at radius 1 is 1.32 bits per heavy atom. The van der Waals surface area contributed by atoms with Crippen LogP contribution in [-0.4, -0.2) is 47.0 Å². The van der Waals surface area contributed by atoms with Crippen LogP contribution in [-0.2, 0) is 4.74 Å². The quantitative estimate of drug-likeness (QED) is 0.891. The van der Waals surface area contributed by atoms with E-state index in [4.69, 9.17) is 16.3 Å². The van der Waals surface area contributed by atoms with Gasteiger partial charge < -0.3 is 14.7 Å². The molecule has 3 atom stereocenters. The van der Waals surface area contributed by atoms with Crippen LogP contribution >= 0.6 is 11.6 Å². The van der Waals surface area contributed by atoms with Crippen LogP contribution in [0.1, 0.15) is 19.3 Å². The van der Waals surface area contributed by atoms with Gasteiger partial charge in [0.25, 0.3) is 0 Å². The Bertz CT molecular complexity index is 428. The molecule has 0 bridgehead atoms. The number of aromatic nitrogens is 2. The SMILES string of the molecule is O[C@@H]1CCOC[C@H]1[C@H]1CCCN1c1ncc(Cl)cn1. The van der Waals surface area contributed by atoms with Gasteiger partial charge in [-0.15, -0.1) is 0 Å². The number of rotatable bonds is 2. The molecule has 0 radical (unpaired) electrons. The first kappa shape index (κ1) is 13.1. The predicted molar refractivity (Wildman–Crippen MR) is 72.3 cm³/mol. The van der Waals surface area contributed by atoms with Gasteiger partial charge in [-0.3, -0.25) is 0 Å². The van der Waals surface area contributed by atoms with E-state index in [9.17, 15) is 5.11 Å². The van der Waals surface area contributed by atoms with Crippen LogP contribution < -0.4 is 4.90 Å². The molecule has 0 aromatic carbocycles. The molecular formula is C13H18ClN3O2. The summed E-state index contributed by atoms with van der Waals surface area (Å²) in [6.45, 7) is 2.20. The molecule has 5 nitrogen and oxygen atoms in total. The zero-order chi connectivity index (χ0) is 13.2. The summed E-state index contributed by atoms with van der Waals surface area (Å²) in [7, 11) is 0. The van der Waals surface area contributed by atoms with Gasteiger partial charge in [0.2, 0.25) is 5.95 Å². The molecule has 0 unspecified atom stereocenters. The van der Waals surface area contributed by atoms with Gasteiger partial charge in [-0.25, -0.2) is 9.97 Å². The summed E-state index contributed by atoms with van der Waals surface area (Å²) in [5.41, 5.74) is 0. The fourth-order valence-electron chi connectivity index (χ4n) is 3.06. The van der Waals surface area contributed by atoms with E-state index in [1.165, 1.54) is 0 Å². The van der Waals surface area contributed by atoms with E-state index >= 15 is 0 Å². The number of halogens is 1. The van der Waals surface area contributed by atoms with Crippen molar-refractivity contribution in [2.24, 2.45) is 5.92 Å². The average Bonchev–Trinajstić information content (AvgIpc) is 2.89. The molecule has 104 valence electrons. The minimum absolute atomic E-state index is 0.149. The summed E-state index contributed by atoms with van der Waals surface area (Å²) in [6, 6.07) is 0.261. The normalized spacial score (nSPS) is 31.7. The van der Waals surface area contributed by atoms with Crippen molar-refractivity contribution in [3.63, 3.8) is 0 Å². The second-order valence-corrected chi connectivity index (χ2v) is 5.64. The molecule has 2 aliphatic heterocycles. The van der Waals surface area contributed by atoms with Crippen LogP contribution in [0.4, 0.5) is 5.95 Å². The second-order valence-electron chi connectivity index (χ2n) is 5.20. The maximum Gasteiger partial charge on any atom is 0.225 e. The van der Waals surface area contributed by atoms with Gasteiger partial charge in [0, 0.05) is 25.1 Å². The zero-order valence-corrected chi connectivity index (χ0v) is 11.5. The molecule has 3 heterocycles. The minimum atomic E-state index is -0.286. The van der Waals surface area contributed by atoms with E-state index in [0.717, 1.165) is 25.8 Å². The summed E-state index contributed by atoms with van der Waals surface area (Å²) in [6.07, 6.45) is 5.82. The van der Waals surface area contributed by atoms with Crippen molar-refractivity contribution in [1.29, 1.82) is 0 Å². The molecule has 2 saturated heterocycles. The van der Waals surface area contributed by atoms with E-state index in [0.29, 0.717) is 24.2 Å². The van der Waals surface area contributed by atoms with Gasteiger partial charge in [-0.2, -0.15) is 0 Å². The standard InChI is InChI=1S/C13H18ClN3O2/c14-9-6-15-13(16-7-9)17-4-1-2-11(17)10-8-19-5-3-12(10)18/h6-7,10-12,18H,1-5,8H2/t10-,11+,12+/m0/s1. The lowest BCUT2D eigenvalue weighted by molar-refractivity contribution is -0.0438. The maximum atomic E-state index is 10.2. The third-order valence-corrected chi connectivity index (χ3v) is 4.21. The number of aliphatic hydroxyl groups is 1. The van der Waals surface area contributed by atoms with Crippen molar-refractivity contribution in [2.75, 3.05) is 24.7 Å². The Labute approximate surface area is 117 Å². The first-order chi connectivity index (χ1) is 9.25. The van der Waals surface area contributed by atoms with Gasteiger partial charge in [-0.05, 0) is 19.3 Å². The van der Waals surface area contributed by atoms with Crippen LogP contribution in [0.2, 0.25) is 5.02 Å². The number of nitrogens with zero attached hydrogens (tertiary/aromatic N) is 3. The number of ether oxygens (including phenoxy) is 1. The molecule has 1 aromatic rings.